The smallest absolute Gasteiger partial charge is 0.145 e. The van der Waals surface area contributed by atoms with E-state index >= 15 is 0 Å². The van der Waals surface area contributed by atoms with E-state index in [-0.39, 0.29) is 5.78 Å². The molecule has 1 aromatic rings. The van der Waals surface area contributed by atoms with E-state index in [4.69, 9.17) is 0 Å². The summed E-state index contributed by atoms with van der Waals surface area (Å²) in [5, 5.41) is 0. The number of hydrogen-bond acceptors (Lipinski definition) is 2. The predicted octanol–water partition coefficient (Wildman–Crippen LogP) is 4.71. The molecule has 0 aliphatic rings. The molecule has 0 aliphatic heterocycles. The highest BCUT2D eigenvalue weighted by Crippen LogP contribution is 2.37. The van der Waals surface area contributed by atoms with Crippen LogP contribution in [0.1, 0.15) is 56.7 Å². The molecule has 1 rings (SSSR count). The molecule has 1 aromatic carbocycles. The lowest BCUT2D eigenvalue weighted by atomic mass is 9.78. The monoisotopic (exact) mass is 278 g/mol. The van der Waals surface area contributed by atoms with Crippen LogP contribution in [0, 0.1) is 19.8 Å². The van der Waals surface area contributed by atoms with Gasteiger partial charge in [0.05, 0.1) is 4.75 Å². The van der Waals surface area contributed by atoms with Gasteiger partial charge in [0.25, 0.3) is 0 Å². The molecule has 0 fully saturated rings. The van der Waals surface area contributed by atoms with Crippen molar-refractivity contribution in [1.29, 1.82) is 0 Å². The van der Waals surface area contributed by atoms with Crippen molar-refractivity contribution in [3.63, 3.8) is 0 Å². The second kappa shape index (κ2) is 6.13. The Morgan fingerprint density at radius 2 is 1.89 bits per heavy atom. The zero-order chi connectivity index (χ0) is 14.8. The Morgan fingerprint density at radius 3 is 2.37 bits per heavy atom. The minimum atomic E-state index is -0.550. The fourth-order valence-electron chi connectivity index (χ4n) is 2.45. The van der Waals surface area contributed by atoms with Crippen molar-refractivity contribution >= 4 is 18.4 Å². The number of benzene rings is 1. The Hall–Kier alpha value is -0.760. The molecule has 0 amide bonds. The summed E-state index contributed by atoms with van der Waals surface area (Å²) in [6.07, 6.45) is 0.785. The van der Waals surface area contributed by atoms with Gasteiger partial charge in [-0.3, -0.25) is 4.79 Å². The molecular weight excluding hydrogens is 252 g/mol. The summed E-state index contributed by atoms with van der Waals surface area (Å²) < 4.78 is -0.550. The van der Waals surface area contributed by atoms with Crippen LogP contribution in [0.25, 0.3) is 0 Å². The van der Waals surface area contributed by atoms with Crippen LogP contribution in [0.15, 0.2) is 18.2 Å². The van der Waals surface area contributed by atoms with E-state index in [1.165, 1.54) is 16.7 Å². The number of carbonyl (C=O) groups excluding carboxylic acids is 1. The van der Waals surface area contributed by atoms with Crippen LogP contribution in [-0.4, -0.2) is 10.5 Å². The van der Waals surface area contributed by atoms with Crippen molar-refractivity contribution < 1.29 is 4.79 Å². The van der Waals surface area contributed by atoms with E-state index in [1.807, 2.05) is 6.92 Å². The van der Waals surface area contributed by atoms with Gasteiger partial charge >= 0.3 is 0 Å². The highest BCUT2D eigenvalue weighted by atomic mass is 32.1. The van der Waals surface area contributed by atoms with Gasteiger partial charge in [0.1, 0.15) is 5.78 Å². The van der Waals surface area contributed by atoms with Crippen LogP contribution >= 0.6 is 12.6 Å². The van der Waals surface area contributed by atoms with Crippen molar-refractivity contribution in [1.82, 2.24) is 0 Å². The fraction of sp³-hybridized carbons (Fsp3) is 0.588. The number of Topliss-reactive ketones (excluding diaryl/α,β-unsaturated/α-hetero) is 1. The van der Waals surface area contributed by atoms with E-state index in [0.29, 0.717) is 11.8 Å². The Morgan fingerprint density at radius 1 is 1.32 bits per heavy atom. The van der Waals surface area contributed by atoms with Gasteiger partial charge in [-0.25, -0.2) is 0 Å². The fourth-order valence-corrected chi connectivity index (χ4v) is 2.65. The summed E-state index contributed by atoms with van der Waals surface area (Å²) in [6.45, 7) is 12.3. The number of rotatable bonds is 5. The first kappa shape index (κ1) is 16.3. The Labute approximate surface area is 123 Å². The van der Waals surface area contributed by atoms with E-state index in [9.17, 15) is 4.79 Å². The Bertz CT molecular complexity index is 460. The van der Waals surface area contributed by atoms with Crippen LogP contribution in [0.4, 0.5) is 0 Å². The molecule has 106 valence electrons. The topological polar surface area (TPSA) is 17.1 Å². The van der Waals surface area contributed by atoms with Crippen LogP contribution in [0.2, 0.25) is 0 Å². The molecule has 0 aromatic heterocycles. The molecule has 0 spiro atoms. The van der Waals surface area contributed by atoms with Crippen molar-refractivity contribution in [2.45, 2.75) is 58.6 Å². The molecular formula is C17H26OS. The van der Waals surface area contributed by atoms with Gasteiger partial charge in [-0.1, -0.05) is 32.0 Å². The molecule has 0 aliphatic carbocycles. The van der Waals surface area contributed by atoms with Gasteiger partial charge in [-0.05, 0) is 62.6 Å². The SMILES string of the molecule is CC(=O)C(C)(S)CC(c1cccc(C)c1C)C(C)C. The van der Waals surface area contributed by atoms with Crippen LogP contribution < -0.4 is 0 Å². The molecule has 2 atom stereocenters. The number of thiol groups is 1. The average molecular weight is 278 g/mol. The number of aryl methyl sites for hydroxylation is 1. The van der Waals surface area contributed by atoms with E-state index in [2.05, 4.69) is 58.5 Å². The van der Waals surface area contributed by atoms with Gasteiger partial charge in [0.15, 0.2) is 0 Å². The summed E-state index contributed by atoms with van der Waals surface area (Å²) in [5.74, 6) is 1.00. The zero-order valence-corrected chi connectivity index (χ0v) is 13.8. The molecule has 0 N–H and O–H groups in total. The zero-order valence-electron chi connectivity index (χ0n) is 12.9. The second-order valence-electron chi connectivity index (χ2n) is 6.17. The quantitative estimate of drug-likeness (QED) is 0.772. The molecule has 0 heterocycles. The van der Waals surface area contributed by atoms with Gasteiger partial charge < -0.3 is 0 Å². The normalized spacial score (nSPS) is 16.2. The average Bonchev–Trinajstić information content (AvgIpc) is 2.29. The molecule has 0 saturated heterocycles. The molecule has 1 nitrogen and oxygen atoms in total. The van der Waals surface area contributed by atoms with Crippen molar-refractivity contribution in [3.8, 4) is 0 Å². The van der Waals surface area contributed by atoms with E-state index in [1.54, 1.807) is 6.92 Å². The number of carbonyl (C=O) groups is 1. The first-order valence-corrected chi connectivity index (χ1v) is 7.41. The van der Waals surface area contributed by atoms with Gasteiger partial charge in [-0.2, -0.15) is 12.6 Å². The number of hydrogen-bond donors (Lipinski definition) is 1. The first-order chi connectivity index (χ1) is 8.66. The maximum atomic E-state index is 11.7. The molecule has 2 unspecified atom stereocenters. The third-order valence-corrected chi connectivity index (χ3v) is 4.72. The van der Waals surface area contributed by atoms with E-state index in [0.717, 1.165) is 6.42 Å². The molecule has 0 saturated carbocycles. The van der Waals surface area contributed by atoms with Gasteiger partial charge in [-0.15, -0.1) is 0 Å². The Balaban J connectivity index is 3.15. The maximum absolute atomic E-state index is 11.7. The molecule has 19 heavy (non-hydrogen) atoms. The minimum absolute atomic E-state index is 0.145. The summed E-state index contributed by atoms with van der Waals surface area (Å²) >= 11 is 4.58. The molecule has 0 radical (unpaired) electrons. The third kappa shape index (κ3) is 3.85. The largest absolute Gasteiger partial charge is 0.298 e. The lowest BCUT2D eigenvalue weighted by molar-refractivity contribution is -0.119. The molecule has 2 heteroatoms. The lowest BCUT2D eigenvalue weighted by Gasteiger charge is -2.31. The van der Waals surface area contributed by atoms with E-state index < -0.39 is 4.75 Å². The van der Waals surface area contributed by atoms with Crippen molar-refractivity contribution in [2.24, 2.45) is 5.92 Å². The Kier molecular flexibility index (Phi) is 5.26. The predicted molar refractivity (Wildman–Crippen MR) is 86.2 cm³/mol. The van der Waals surface area contributed by atoms with Crippen molar-refractivity contribution in [2.75, 3.05) is 0 Å². The summed E-state index contributed by atoms with van der Waals surface area (Å²) in [6, 6.07) is 6.44. The van der Waals surface area contributed by atoms with Gasteiger partial charge in [0, 0.05) is 0 Å². The number of ketones is 1. The third-order valence-electron chi connectivity index (χ3n) is 4.23. The summed E-state index contributed by atoms with van der Waals surface area (Å²) in [5.41, 5.74) is 4.01. The lowest BCUT2D eigenvalue weighted by Crippen LogP contribution is -2.30. The molecule has 0 bridgehead atoms. The van der Waals surface area contributed by atoms with Crippen LogP contribution in [-0.2, 0) is 4.79 Å². The van der Waals surface area contributed by atoms with Crippen molar-refractivity contribution in [3.05, 3.63) is 34.9 Å². The maximum Gasteiger partial charge on any atom is 0.145 e. The van der Waals surface area contributed by atoms with Gasteiger partial charge in [0.2, 0.25) is 0 Å². The highest BCUT2D eigenvalue weighted by molar-refractivity contribution is 7.82. The second-order valence-corrected chi connectivity index (χ2v) is 7.16. The first-order valence-electron chi connectivity index (χ1n) is 6.96. The summed E-state index contributed by atoms with van der Waals surface area (Å²) in [7, 11) is 0. The standard InChI is InChI=1S/C17H26OS/c1-11(2)16(10-17(6,19)14(5)18)15-9-7-8-12(3)13(15)4/h7-9,11,16,19H,10H2,1-6H3. The summed E-state index contributed by atoms with van der Waals surface area (Å²) in [4.78, 5) is 11.7. The highest BCUT2D eigenvalue weighted by Gasteiger charge is 2.31. The van der Waals surface area contributed by atoms with Crippen LogP contribution in [0.5, 0.6) is 0 Å². The van der Waals surface area contributed by atoms with Crippen LogP contribution in [0.3, 0.4) is 0 Å². The minimum Gasteiger partial charge on any atom is -0.298 e.